The second-order valence-corrected chi connectivity index (χ2v) is 5.83. The highest BCUT2D eigenvalue weighted by molar-refractivity contribution is 6.08. The summed E-state index contributed by atoms with van der Waals surface area (Å²) >= 11 is 0. The molecule has 6 nitrogen and oxygen atoms in total. The zero-order chi connectivity index (χ0) is 17.1. The molecule has 1 aliphatic heterocycles. The number of carbonyl (C=O) groups excluding carboxylic acids is 3. The summed E-state index contributed by atoms with van der Waals surface area (Å²) < 4.78 is 0. The maximum atomic E-state index is 12.4. The van der Waals surface area contributed by atoms with Crippen molar-refractivity contribution < 1.29 is 14.4 Å². The van der Waals surface area contributed by atoms with E-state index in [1.807, 2.05) is 30.3 Å². The second kappa shape index (κ2) is 6.80. The number of nitrogens with two attached hydrogens (primary N) is 1. The molecule has 1 aliphatic rings. The minimum Gasteiger partial charge on any atom is -0.330 e. The number of benzene rings is 2. The van der Waals surface area contributed by atoms with Gasteiger partial charge in [-0.3, -0.25) is 19.7 Å². The van der Waals surface area contributed by atoms with E-state index in [2.05, 4.69) is 5.32 Å². The quantitative estimate of drug-likeness (QED) is 0.825. The monoisotopic (exact) mass is 325 g/mol. The number of nitrogens with one attached hydrogen (secondary N) is 1. The van der Waals surface area contributed by atoms with Gasteiger partial charge in [-0.25, -0.2) is 0 Å². The standard InChI is InChI=1S/C18H19N3O3/c19-11-16(22)21-9-3-6-15(21)18(24)20-17(23)14-8-7-12-4-1-2-5-13(12)10-14/h1-2,4-5,7-8,10,15H,3,6,9,11,19H2,(H,20,23,24)/t15-/m0/s1. The first-order valence-corrected chi connectivity index (χ1v) is 7.93. The number of rotatable bonds is 3. The van der Waals surface area contributed by atoms with Crippen LogP contribution in [0, 0.1) is 0 Å². The zero-order valence-electron chi connectivity index (χ0n) is 13.2. The summed E-state index contributed by atoms with van der Waals surface area (Å²) in [7, 11) is 0. The first kappa shape index (κ1) is 16.1. The highest BCUT2D eigenvalue weighted by Crippen LogP contribution is 2.18. The first-order valence-electron chi connectivity index (χ1n) is 7.93. The Morgan fingerprint density at radius 2 is 1.88 bits per heavy atom. The van der Waals surface area contributed by atoms with Gasteiger partial charge in [0.1, 0.15) is 6.04 Å². The third-order valence-corrected chi connectivity index (χ3v) is 4.30. The van der Waals surface area contributed by atoms with Crippen LogP contribution in [0.3, 0.4) is 0 Å². The summed E-state index contributed by atoms with van der Waals surface area (Å²) in [4.78, 5) is 37.9. The summed E-state index contributed by atoms with van der Waals surface area (Å²) in [6, 6.07) is 12.3. The van der Waals surface area contributed by atoms with Crippen LogP contribution in [0.4, 0.5) is 0 Å². The van der Waals surface area contributed by atoms with E-state index in [4.69, 9.17) is 5.73 Å². The highest BCUT2D eigenvalue weighted by Gasteiger charge is 2.34. The van der Waals surface area contributed by atoms with Gasteiger partial charge in [-0.2, -0.15) is 0 Å². The minimum atomic E-state index is -0.620. The van der Waals surface area contributed by atoms with Crippen molar-refractivity contribution in [3.05, 3.63) is 48.0 Å². The first-order chi connectivity index (χ1) is 11.6. The fraction of sp³-hybridized carbons (Fsp3) is 0.278. The Hall–Kier alpha value is -2.73. The number of hydrogen-bond donors (Lipinski definition) is 2. The summed E-state index contributed by atoms with van der Waals surface area (Å²) in [6.07, 6.45) is 1.27. The average molecular weight is 325 g/mol. The summed E-state index contributed by atoms with van der Waals surface area (Å²) in [5.74, 6) is -1.18. The average Bonchev–Trinajstić information content (AvgIpc) is 3.10. The van der Waals surface area contributed by atoms with Crippen LogP contribution in [0.15, 0.2) is 42.5 Å². The molecule has 1 heterocycles. The van der Waals surface area contributed by atoms with Gasteiger partial charge in [-0.1, -0.05) is 30.3 Å². The Balaban J connectivity index is 1.73. The molecule has 3 rings (SSSR count). The largest absolute Gasteiger partial charge is 0.330 e. The van der Waals surface area contributed by atoms with Gasteiger partial charge in [0.05, 0.1) is 6.54 Å². The minimum absolute atomic E-state index is 0.137. The smallest absolute Gasteiger partial charge is 0.257 e. The number of amides is 3. The molecule has 0 radical (unpaired) electrons. The van der Waals surface area contributed by atoms with Gasteiger partial charge in [0.25, 0.3) is 5.91 Å². The number of fused-ring (bicyclic) bond motifs is 1. The maximum Gasteiger partial charge on any atom is 0.257 e. The van der Waals surface area contributed by atoms with Gasteiger partial charge in [0, 0.05) is 12.1 Å². The topological polar surface area (TPSA) is 92.5 Å². The molecule has 1 atom stereocenters. The van der Waals surface area contributed by atoms with E-state index in [0.29, 0.717) is 18.5 Å². The van der Waals surface area contributed by atoms with E-state index in [1.165, 1.54) is 4.90 Å². The maximum absolute atomic E-state index is 12.4. The van der Waals surface area contributed by atoms with Crippen molar-refractivity contribution in [2.45, 2.75) is 18.9 Å². The molecule has 0 unspecified atom stereocenters. The van der Waals surface area contributed by atoms with E-state index in [0.717, 1.165) is 17.2 Å². The van der Waals surface area contributed by atoms with Gasteiger partial charge in [0.2, 0.25) is 11.8 Å². The van der Waals surface area contributed by atoms with Crippen LogP contribution in [0.5, 0.6) is 0 Å². The SMILES string of the molecule is NCC(=O)N1CCC[C@H]1C(=O)NC(=O)c1ccc2ccccc2c1. The van der Waals surface area contributed by atoms with E-state index in [-0.39, 0.29) is 12.5 Å². The number of nitrogens with zero attached hydrogens (tertiary/aromatic N) is 1. The lowest BCUT2D eigenvalue weighted by Gasteiger charge is -2.23. The predicted octanol–water partition coefficient (Wildman–Crippen LogP) is 1.05. The lowest BCUT2D eigenvalue weighted by molar-refractivity contribution is -0.137. The van der Waals surface area contributed by atoms with E-state index in [9.17, 15) is 14.4 Å². The summed E-state index contributed by atoms with van der Waals surface area (Å²) in [6.45, 7) is 0.362. The van der Waals surface area contributed by atoms with Crippen molar-refractivity contribution in [2.24, 2.45) is 5.73 Å². The number of likely N-dealkylation sites (tertiary alicyclic amines) is 1. The number of carbonyl (C=O) groups is 3. The number of hydrogen-bond acceptors (Lipinski definition) is 4. The molecule has 1 fully saturated rings. The molecule has 0 aromatic heterocycles. The van der Waals surface area contributed by atoms with Gasteiger partial charge >= 0.3 is 0 Å². The molecule has 0 saturated carbocycles. The molecular formula is C18H19N3O3. The Kier molecular flexibility index (Phi) is 4.57. The molecule has 3 amide bonds. The molecule has 124 valence electrons. The van der Waals surface area contributed by atoms with Crippen molar-refractivity contribution in [3.8, 4) is 0 Å². The molecule has 2 aromatic rings. The van der Waals surface area contributed by atoms with Crippen LogP contribution in [0.2, 0.25) is 0 Å². The van der Waals surface area contributed by atoms with Crippen molar-refractivity contribution in [1.29, 1.82) is 0 Å². The van der Waals surface area contributed by atoms with Crippen LogP contribution >= 0.6 is 0 Å². The Labute approximate surface area is 139 Å². The zero-order valence-corrected chi connectivity index (χ0v) is 13.2. The van der Waals surface area contributed by atoms with Gasteiger partial charge in [-0.05, 0) is 35.7 Å². The lowest BCUT2D eigenvalue weighted by Crippen LogP contribution is -2.49. The van der Waals surface area contributed by atoms with Crippen LogP contribution < -0.4 is 11.1 Å². The molecule has 3 N–H and O–H groups in total. The number of imide groups is 1. The van der Waals surface area contributed by atoms with Gasteiger partial charge in [0.15, 0.2) is 0 Å². The Morgan fingerprint density at radius 1 is 1.12 bits per heavy atom. The Morgan fingerprint density at radius 3 is 2.62 bits per heavy atom. The molecule has 24 heavy (non-hydrogen) atoms. The normalized spacial score (nSPS) is 17.0. The van der Waals surface area contributed by atoms with Crippen molar-refractivity contribution in [3.63, 3.8) is 0 Å². The van der Waals surface area contributed by atoms with Crippen molar-refractivity contribution >= 4 is 28.5 Å². The van der Waals surface area contributed by atoms with Crippen LogP contribution in [0.25, 0.3) is 10.8 Å². The molecular weight excluding hydrogens is 306 g/mol. The predicted molar refractivity (Wildman–Crippen MR) is 90.2 cm³/mol. The van der Waals surface area contributed by atoms with Crippen molar-refractivity contribution in [1.82, 2.24) is 10.2 Å². The second-order valence-electron chi connectivity index (χ2n) is 5.83. The molecule has 0 bridgehead atoms. The van der Waals surface area contributed by atoms with E-state index in [1.54, 1.807) is 12.1 Å². The molecule has 0 aliphatic carbocycles. The fourth-order valence-corrected chi connectivity index (χ4v) is 3.05. The molecule has 2 aromatic carbocycles. The molecule has 1 saturated heterocycles. The van der Waals surface area contributed by atoms with E-state index >= 15 is 0 Å². The molecule has 0 spiro atoms. The van der Waals surface area contributed by atoms with E-state index < -0.39 is 17.9 Å². The summed E-state index contributed by atoms with van der Waals surface area (Å²) in [5.41, 5.74) is 5.78. The third kappa shape index (κ3) is 3.14. The fourth-order valence-electron chi connectivity index (χ4n) is 3.05. The van der Waals surface area contributed by atoms with Crippen LogP contribution in [0.1, 0.15) is 23.2 Å². The van der Waals surface area contributed by atoms with Crippen LogP contribution in [-0.2, 0) is 9.59 Å². The van der Waals surface area contributed by atoms with Crippen LogP contribution in [-0.4, -0.2) is 41.8 Å². The lowest BCUT2D eigenvalue weighted by atomic mass is 10.1. The van der Waals surface area contributed by atoms with Crippen molar-refractivity contribution in [2.75, 3.05) is 13.1 Å². The Bertz CT molecular complexity index is 803. The third-order valence-electron chi connectivity index (χ3n) is 4.30. The highest BCUT2D eigenvalue weighted by atomic mass is 16.2. The molecule has 6 heteroatoms. The van der Waals surface area contributed by atoms with Gasteiger partial charge < -0.3 is 10.6 Å². The van der Waals surface area contributed by atoms with Gasteiger partial charge in [-0.15, -0.1) is 0 Å². The summed E-state index contributed by atoms with van der Waals surface area (Å²) in [5, 5.41) is 4.35.